The summed E-state index contributed by atoms with van der Waals surface area (Å²) in [6.45, 7) is 3.18. The Morgan fingerprint density at radius 3 is 2.67 bits per heavy atom. The highest BCUT2D eigenvalue weighted by atomic mass is 35.5. The third-order valence-corrected chi connectivity index (χ3v) is 4.20. The molecular weight excluding hydrogens is 343 g/mol. The van der Waals surface area contributed by atoms with Crippen molar-refractivity contribution in [2.24, 2.45) is 0 Å². The number of halogens is 4. The van der Waals surface area contributed by atoms with Crippen molar-refractivity contribution in [3.63, 3.8) is 0 Å². The normalized spacial score (nSPS) is 12.1. The van der Waals surface area contributed by atoms with E-state index in [0.717, 1.165) is 6.07 Å². The van der Waals surface area contributed by atoms with E-state index in [0.29, 0.717) is 22.5 Å². The molecule has 0 atom stereocenters. The quantitative estimate of drug-likeness (QED) is 0.709. The molecule has 3 rings (SSSR count). The number of rotatable bonds is 2. The van der Waals surface area contributed by atoms with Crippen molar-refractivity contribution >= 4 is 17.2 Å². The van der Waals surface area contributed by atoms with Crippen LogP contribution in [-0.4, -0.2) is 14.6 Å². The Hall–Kier alpha value is -2.28. The zero-order chi connectivity index (χ0) is 17.6. The molecule has 0 aliphatic rings. The summed E-state index contributed by atoms with van der Waals surface area (Å²) in [5.74, 6) is 0. The maximum atomic E-state index is 13.1. The molecule has 2 aromatic heterocycles. The van der Waals surface area contributed by atoms with Crippen LogP contribution in [0.15, 0.2) is 29.1 Å². The molecule has 0 amide bonds. The van der Waals surface area contributed by atoms with E-state index >= 15 is 0 Å². The van der Waals surface area contributed by atoms with E-state index in [1.807, 2.05) is 0 Å². The molecule has 0 bridgehead atoms. The minimum atomic E-state index is -4.41. The number of hydrogen-bond donors (Lipinski definition) is 1. The van der Waals surface area contributed by atoms with Gasteiger partial charge in [-0.15, -0.1) is 0 Å². The van der Waals surface area contributed by atoms with Gasteiger partial charge < -0.3 is 0 Å². The second-order valence-electron chi connectivity index (χ2n) is 5.56. The van der Waals surface area contributed by atoms with Crippen LogP contribution in [0.25, 0.3) is 5.65 Å². The molecule has 8 heteroatoms. The van der Waals surface area contributed by atoms with Crippen LogP contribution in [0.5, 0.6) is 0 Å². The number of nitrogens with one attached hydrogen (secondary N) is 1. The fraction of sp³-hybridized carbons (Fsp3) is 0.250. The summed E-state index contributed by atoms with van der Waals surface area (Å²) in [5.41, 5.74) is 1.25. The van der Waals surface area contributed by atoms with Gasteiger partial charge in [-0.05, 0) is 31.0 Å². The predicted octanol–water partition coefficient (Wildman–Crippen LogP) is 3.90. The molecule has 0 saturated carbocycles. The molecule has 3 aromatic rings. The van der Waals surface area contributed by atoms with Crippen LogP contribution in [0, 0.1) is 13.8 Å². The van der Waals surface area contributed by atoms with Gasteiger partial charge in [0.1, 0.15) is 5.15 Å². The van der Waals surface area contributed by atoms with Crippen LogP contribution in [-0.2, 0) is 12.6 Å². The van der Waals surface area contributed by atoms with E-state index in [9.17, 15) is 18.0 Å². The number of nitrogens with zero attached hydrogens (tertiary/aromatic N) is 2. The first-order valence-electron chi connectivity index (χ1n) is 7.11. The lowest BCUT2D eigenvalue weighted by molar-refractivity contribution is -0.138. The van der Waals surface area contributed by atoms with E-state index in [1.165, 1.54) is 23.6 Å². The van der Waals surface area contributed by atoms with Gasteiger partial charge in [0, 0.05) is 23.7 Å². The highest BCUT2D eigenvalue weighted by Gasteiger charge is 2.32. The van der Waals surface area contributed by atoms with E-state index in [4.69, 9.17) is 11.6 Å². The lowest BCUT2D eigenvalue weighted by Crippen LogP contribution is -2.13. The SMILES string of the molecule is Cc1[nH]n2c(=O)cc(Cl)nc2c1Cc1cccc(C(F)(F)F)c1C. The van der Waals surface area contributed by atoms with Crippen molar-refractivity contribution in [3.8, 4) is 0 Å². The van der Waals surface area contributed by atoms with Crippen LogP contribution >= 0.6 is 11.6 Å². The highest BCUT2D eigenvalue weighted by Crippen LogP contribution is 2.33. The van der Waals surface area contributed by atoms with Gasteiger partial charge in [-0.25, -0.2) is 9.50 Å². The summed E-state index contributed by atoms with van der Waals surface area (Å²) < 4.78 is 40.4. The molecule has 24 heavy (non-hydrogen) atoms. The Morgan fingerprint density at radius 1 is 1.29 bits per heavy atom. The maximum Gasteiger partial charge on any atom is 0.416 e. The third-order valence-electron chi connectivity index (χ3n) is 4.01. The molecule has 0 unspecified atom stereocenters. The van der Waals surface area contributed by atoms with Crippen LogP contribution < -0.4 is 5.56 Å². The minimum Gasteiger partial charge on any atom is -0.294 e. The molecule has 1 N–H and O–H groups in total. The number of aryl methyl sites for hydroxylation is 1. The number of hydrogen-bond acceptors (Lipinski definition) is 2. The molecule has 0 spiro atoms. The van der Waals surface area contributed by atoms with Gasteiger partial charge in [0.05, 0.1) is 5.56 Å². The molecule has 126 valence electrons. The Labute approximate surface area is 139 Å². The first-order chi connectivity index (χ1) is 11.2. The summed E-state index contributed by atoms with van der Waals surface area (Å²) in [5, 5.41) is 2.91. The minimum absolute atomic E-state index is 0.0426. The monoisotopic (exact) mass is 355 g/mol. The van der Waals surface area contributed by atoms with Crippen LogP contribution in [0.4, 0.5) is 13.2 Å². The number of fused-ring (bicyclic) bond motifs is 1. The smallest absolute Gasteiger partial charge is 0.294 e. The molecule has 1 aromatic carbocycles. The molecular formula is C16H13ClF3N3O. The van der Waals surface area contributed by atoms with Gasteiger partial charge in [0.2, 0.25) is 0 Å². The summed E-state index contributed by atoms with van der Waals surface area (Å²) in [4.78, 5) is 16.1. The van der Waals surface area contributed by atoms with Gasteiger partial charge in [0.25, 0.3) is 5.56 Å². The van der Waals surface area contributed by atoms with Crippen molar-refractivity contribution in [3.05, 3.63) is 67.7 Å². The van der Waals surface area contributed by atoms with Crippen molar-refractivity contribution in [1.29, 1.82) is 0 Å². The zero-order valence-corrected chi connectivity index (χ0v) is 13.6. The molecule has 0 aliphatic carbocycles. The second kappa shape index (κ2) is 5.66. The topological polar surface area (TPSA) is 50.2 Å². The Morgan fingerprint density at radius 2 is 2.00 bits per heavy atom. The lowest BCUT2D eigenvalue weighted by atomic mass is 9.96. The Balaban J connectivity index is 2.15. The third kappa shape index (κ3) is 2.80. The molecule has 2 heterocycles. The van der Waals surface area contributed by atoms with Crippen molar-refractivity contribution in [2.45, 2.75) is 26.4 Å². The average Bonchev–Trinajstić information content (AvgIpc) is 2.77. The summed E-state index contributed by atoms with van der Waals surface area (Å²) in [6.07, 6.45) is -4.20. The lowest BCUT2D eigenvalue weighted by Gasteiger charge is -2.13. The second-order valence-corrected chi connectivity index (χ2v) is 5.94. The first-order valence-corrected chi connectivity index (χ1v) is 7.48. The van der Waals surface area contributed by atoms with Gasteiger partial charge in [-0.2, -0.15) is 13.2 Å². The van der Waals surface area contributed by atoms with Crippen LogP contribution in [0.3, 0.4) is 0 Å². The van der Waals surface area contributed by atoms with Crippen molar-refractivity contribution in [2.75, 3.05) is 0 Å². The fourth-order valence-electron chi connectivity index (χ4n) is 2.75. The van der Waals surface area contributed by atoms with Crippen LogP contribution in [0.1, 0.15) is 27.9 Å². The van der Waals surface area contributed by atoms with Crippen molar-refractivity contribution < 1.29 is 13.2 Å². The number of benzene rings is 1. The van der Waals surface area contributed by atoms with Crippen LogP contribution in [0.2, 0.25) is 5.15 Å². The number of H-pyrrole nitrogens is 1. The zero-order valence-electron chi connectivity index (χ0n) is 12.8. The molecule has 0 radical (unpaired) electrons. The number of alkyl halides is 3. The highest BCUT2D eigenvalue weighted by molar-refractivity contribution is 6.29. The fourth-order valence-corrected chi connectivity index (χ4v) is 2.93. The van der Waals surface area contributed by atoms with Gasteiger partial charge in [0.15, 0.2) is 5.65 Å². The van der Waals surface area contributed by atoms with Crippen molar-refractivity contribution in [1.82, 2.24) is 14.6 Å². The number of aromatic nitrogens is 3. The average molecular weight is 356 g/mol. The maximum absolute atomic E-state index is 13.1. The standard InChI is InChI=1S/C16H13ClF3N3O/c1-8-10(4-3-5-12(8)16(18,19)20)6-11-9(2)22-23-14(24)7-13(17)21-15(11)23/h3-5,7,22H,6H2,1-2H3. The van der Waals surface area contributed by atoms with E-state index in [1.54, 1.807) is 13.0 Å². The molecule has 0 saturated heterocycles. The summed E-state index contributed by atoms with van der Waals surface area (Å²) >= 11 is 5.84. The van der Waals surface area contributed by atoms with E-state index < -0.39 is 11.7 Å². The molecule has 4 nitrogen and oxygen atoms in total. The van der Waals surface area contributed by atoms with E-state index in [2.05, 4.69) is 10.1 Å². The molecule has 0 fully saturated rings. The van der Waals surface area contributed by atoms with E-state index in [-0.39, 0.29) is 22.7 Å². The van der Waals surface area contributed by atoms with Gasteiger partial charge >= 0.3 is 6.18 Å². The Kier molecular flexibility index (Phi) is 3.91. The van der Waals surface area contributed by atoms with Gasteiger partial charge in [-0.3, -0.25) is 9.89 Å². The summed E-state index contributed by atoms with van der Waals surface area (Å²) in [7, 11) is 0. The first kappa shape index (κ1) is 16.6. The largest absolute Gasteiger partial charge is 0.416 e. The number of aromatic amines is 1. The van der Waals surface area contributed by atoms with Gasteiger partial charge in [-0.1, -0.05) is 23.7 Å². The molecule has 0 aliphatic heterocycles. The Bertz CT molecular complexity index is 989. The predicted molar refractivity (Wildman–Crippen MR) is 84.5 cm³/mol. The summed E-state index contributed by atoms with van der Waals surface area (Å²) in [6, 6.07) is 5.24.